The maximum atomic E-state index is 10.8. The predicted molar refractivity (Wildman–Crippen MR) is 96.7 cm³/mol. The predicted octanol–water partition coefficient (Wildman–Crippen LogP) is 5.08. The van der Waals surface area contributed by atoms with Gasteiger partial charge in [-0.25, -0.2) is 9.78 Å². The molecule has 0 aromatic carbocycles. The molecular weight excluding hydrogens is 359 g/mol. The third-order valence-electron chi connectivity index (χ3n) is 2.72. The van der Waals surface area contributed by atoms with Crippen molar-refractivity contribution in [1.82, 2.24) is 0 Å². The first-order chi connectivity index (χ1) is 10.9. The van der Waals surface area contributed by atoms with Crippen LogP contribution in [0.5, 0.6) is 0 Å². The highest BCUT2D eigenvalue weighted by Crippen LogP contribution is 2.63. The summed E-state index contributed by atoms with van der Waals surface area (Å²) in [5.74, 6) is -0.890. The number of carboxylic acids is 1. The molecule has 0 aromatic rings. The zero-order valence-corrected chi connectivity index (χ0v) is 16.7. The first-order valence-corrected chi connectivity index (χ1v) is 12.2. The molecule has 0 amide bonds. The summed E-state index contributed by atoms with van der Waals surface area (Å²) >= 11 is 6.53. The Balaban J connectivity index is 4.32. The van der Waals surface area contributed by atoms with E-state index in [1.807, 2.05) is 0 Å². The van der Waals surface area contributed by atoms with E-state index in [1.165, 1.54) is 0 Å². The molecule has 6 nitrogen and oxygen atoms in total. The molecule has 0 saturated heterocycles. The maximum Gasteiger partial charge on any atom is 0.307 e. The molecule has 0 aliphatic heterocycles. The van der Waals surface area contributed by atoms with Gasteiger partial charge in [-0.2, -0.15) is 9.35 Å². The van der Waals surface area contributed by atoms with Gasteiger partial charge in [0.2, 0.25) is 0 Å². The normalized spacial score (nSPS) is 13.2. The summed E-state index contributed by atoms with van der Waals surface area (Å²) in [6.07, 6.45) is 5.97. The standard InChI is InChI=1S/C14H29O6PS2/c1-4-6-8-10-17-19-21(22,20-18-11-9-7-5-2)23-13(3)12-14(15)16/h13H,4-12H2,1-3H3,(H,15,16). The van der Waals surface area contributed by atoms with Gasteiger partial charge in [-0.05, 0) is 24.6 Å². The van der Waals surface area contributed by atoms with Crippen molar-refractivity contribution in [3.8, 4) is 0 Å². The van der Waals surface area contributed by atoms with Crippen LogP contribution in [0.25, 0.3) is 0 Å². The smallest absolute Gasteiger partial charge is 0.307 e. The molecule has 0 fully saturated rings. The lowest BCUT2D eigenvalue weighted by atomic mass is 10.3. The number of carboxylic acid groups (broad SMARTS) is 1. The Labute approximate surface area is 148 Å². The largest absolute Gasteiger partial charge is 0.481 e. The van der Waals surface area contributed by atoms with Crippen LogP contribution in [0.3, 0.4) is 0 Å². The second kappa shape index (κ2) is 14.6. The Morgan fingerprint density at radius 3 is 1.96 bits per heavy atom. The Kier molecular flexibility index (Phi) is 14.8. The molecule has 0 aliphatic carbocycles. The van der Waals surface area contributed by atoms with Crippen molar-refractivity contribution < 1.29 is 29.0 Å². The first-order valence-electron chi connectivity index (χ1n) is 8.06. The minimum atomic E-state index is -2.89. The van der Waals surface area contributed by atoms with Gasteiger partial charge in [0, 0.05) is 5.25 Å². The van der Waals surface area contributed by atoms with Crippen LogP contribution in [-0.4, -0.2) is 29.5 Å². The van der Waals surface area contributed by atoms with Gasteiger partial charge >= 0.3 is 11.7 Å². The Hall–Kier alpha value is 0.310. The summed E-state index contributed by atoms with van der Waals surface area (Å²) in [7, 11) is 0. The molecule has 1 unspecified atom stereocenters. The van der Waals surface area contributed by atoms with Crippen LogP contribution in [0.4, 0.5) is 0 Å². The van der Waals surface area contributed by atoms with Gasteiger partial charge in [-0.1, -0.05) is 57.8 Å². The fourth-order valence-corrected chi connectivity index (χ4v) is 6.33. The summed E-state index contributed by atoms with van der Waals surface area (Å²) in [6, 6.07) is 0. The highest BCUT2D eigenvalue weighted by Gasteiger charge is 2.28. The van der Waals surface area contributed by atoms with Crippen LogP contribution < -0.4 is 0 Å². The third-order valence-corrected chi connectivity index (χ3v) is 7.44. The van der Waals surface area contributed by atoms with Crippen LogP contribution in [0.15, 0.2) is 0 Å². The molecule has 138 valence electrons. The molecule has 0 rings (SSSR count). The van der Waals surface area contributed by atoms with E-state index in [4.69, 9.17) is 36.0 Å². The van der Waals surface area contributed by atoms with E-state index in [0.717, 1.165) is 49.9 Å². The molecule has 1 atom stereocenters. The lowest BCUT2D eigenvalue weighted by Crippen LogP contribution is -2.07. The highest BCUT2D eigenvalue weighted by atomic mass is 32.9. The zero-order chi connectivity index (χ0) is 17.6. The van der Waals surface area contributed by atoms with Crippen LogP contribution in [0.2, 0.25) is 0 Å². The topological polar surface area (TPSA) is 74.2 Å². The quantitative estimate of drug-likeness (QED) is 0.170. The molecule has 0 bridgehead atoms. The molecule has 1 N–H and O–H groups in total. The summed E-state index contributed by atoms with van der Waals surface area (Å²) in [4.78, 5) is 21.1. The number of unbranched alkanes of at least 4 members (excludes halogenated alkanes) is 4. The Bertz CT molecular complexity index is 338. The second-order valence-electron chi connectivity index (χ2n) is 5.17. The van der Waals surface area contributed by atoms with E-state index in [2.05, 4.69) is 13.8 Å². The average molecular weight is 388 g/mol. The molecule has 0 aliphatic rings. The maximum absolute atomic E-state index is 10.8. The van der Waals surface area contributed by atoms with Gasteiger partial charge in [0.05, 0.1) is 19.6 Å². The van der Waals surface area contributed by atoms with Crippen molar-refractivity contribution in [2.45, 2.75) is 71.0 Å². The number of hydrogen-bond donors (Lipinski definition) is 1. The fraction of sp³-hybridized carbons (Fsp3) is 0.929. The van der Waals surface area contributed by atoms with E-state index in [0.29, 0.717) is 13.2 Å². The van der Waals surface area contributed by atoms with Crippen molar-refractivity contribution in [2.75, 3.05) is 13.2 Å². The SMILES string of the molecule is CCCCCOOP(=S)(OOCCCCC)SC(C)CC(=O)O. The van der Waals surface area contributed by atoms with Crippen molar-refractivity contribution in [3.05, 3.63) is 0 Å². The Morgan fingerprint density at radius 2 is 1.57 bits per heavy atom. The first kappa shape index (κ1) is 23.3. The highest BCUT2D eigenvalue weighted by molar-refractivity contribution is 8.68. The van der Waals surface area contributed by atoms with Gasteiger partial charge in [0.25, 0.3) is 0 Å². The summed E-state index contributed by atoms with van der Waals surface area (Å²) in [6.45, 7) is 6.82. The van der Waals surface area contributed by atoms with Gasteiger partial charge in [0.1, 0.15) is 0 Å². The van der Waals surface area contributed by atoms with E-state index >= 15 is 0 Å². The van der Waals surface area contributed by atoms with Crippen molar-refractivity contribution in [3.63, 3.8) is 0 Å². The summed E-state index contributed by atoms with van der Waals surface area (Å²) in [5, 5.41) is 8.60. The minimum Gasteiger partial charge on any atom is -0.481 e. The zero-order valence-electron chi connectivity index (χ0n) is 14.2. The summed E-state index contributed by atoms with van der Waals surface area (Å²) in [5.41, 5.74) is -2.89. The average Bonchev–Trinajstić information content (AvgIpc) is 2.46. The van der Waals surface area contributed by atoms with E-state index in [9.17, 15) is 4.79 Å². The lowest BCUT2D eigenvalue weighted by Gasteiger charge is -2.21. The van der Waals surface area contributed by atoms with Crippen LogP contribution in [-0.2, 0) is 35.7 Å². The van der Waals surface area contributed by atoms with Gasteiger partial charge in [-0.3, -0.25) is 4.79 Å². The molecule has 0 heterocycles. The molecule has 0 radical (unpaired) electrons. The number of aliphatic carboxylic acids is 1. The van der Waals surface area contributed by atoms with E-state index < -0.39 is 11.7 Å². The lowest BCUT2D eigenvalue weighted by molar-refractivity contribution is -0.253. The van der Waals surface area contributed by atoms with Crippen LogP contribution in [0.1, 0.15) is 65.7 Å². The van der Waals surface area contributed by atoms with Gasteiger partial charge in [-0.15, -0.1) is 0 Å². The second-order valence-corrected chi connectivity index (χ2v) is 11.6. The van der Waals surface area contributed by atoms with Crippen molar-refractivity contribution >= 4 is 34.9 Å². The van der Waals surface area contributed by atoms with Crippen molar-refractivity contribution in [2.24, 2.45) is 0 Å². The van der Waals surface area contributed by atoms with Crippen LogP contribution >= 0.6 is 17.1 Å². The van der Waals surface area contributed by atoms with Crippen LogP contribution in [0, 0.1) is 0 Å². The summed E-state index contributed by atoms with van der Waals surface area (Å²) < 4.78 is 10.6. The number of carbonyl (C=O) groups is 1. The molecule has 0 saturated carbocycles. The Morgan fingerprint density at radius 1 is 1.09 bits per heavy atom. The van der Waals surface area contributed by atoms with Gasteiger partial charge in [0.15, 0.2) is 0 Å². The van der Waals surface area contributed by atoms with E-state index in [1.54, 1.807) is 6.92 Å². The molecular formula is C14H29O6PS2. The molecule has 23 heavy (non-hydrogen) atoms. The molecule has 0 spiro atoms. The van der Waals surface area contributed by atoms with Crippen molar-refractivity contribution in [1.29, 1.82) is 0 Å². The van der Waals surface area contributed by atoms with Gasteiger partial charge < -0.3 is 5.11 Å². The fourth-order valence-electron chi connectivity index (χ4n) is 1.58. The van der Waals surface area contributed by atoms with E-state index in [-0.39, 0.29) is 11.7 Å². The number of rotatable bonds is 16. The third kappa shape index (κ3) is 14.4. The minimum absolute atomic E-state index is 0.0263. The number of hydrogen-bond acceptors (Lipinski definition) is 7. The molecule has 9 heteroatoms. The molecule has 0 aromatic heterocycles. The monoisotopic (exact) mass is 388 g/mol.